The van der Waals surface area contributed by atoms with Gasteiger partial charge in [0.15, 0.2) is 0 Å². The first-order valence-electron chi connectivity index (χ1n) is 8.48. The highest BCUT2D eigenvalue weighted by Gasteiger charge is 2.28. The number of hydrogen-bond donors (Lipinski definition) is 1. The van der Waals surface area contributed by atoms with Gasteiger partial charge in [0.25, 0.3) is 0 Å². The fraction of sp³-hybridized carbons (Fsp3) is 0.684. The van der Waals surface area contributed by atoms with Gasteiger partial charge in [-0.05, 0) is 61.6 Å². The van der Waals surface area contributed by atoms with E-state index < -0.39 is 0 Å². The van der Waals surface area contributed by atoms with E-state index in [4.69, 9.17) is 5.73 Å². The lowest BCUT2D eigenvalue weighted by atomic mass is 9.75. The average molecular weight is 288 g/mol. The molecule has 1 fully saturated rings. The fourth-order valence-corrected chi connectivity index (χ4v) is 3.30. The van der Waals surface area contributed by atoms with Crippen molar-refractivity contribution in [2.75, 3.05) is 11.9 Å². The Balaban J connectivity index is 1.95. The number of anilines is 1. The highest BCUT2D eigenvalue weighted by atomic mass is 15.1. The maximum absolute atomic E-state index is 6.03. The Morgan fingerprint density at radius 1 is 1.19 bits per heavy atom. The highest BCUT2D eigenvalue weighted by Crippen LogP contribution is 2.37. The van der Waals surface area contributed by atoms with Crippen LogP contribution in [0, 0.1) is 5.41 Å². The van der Waals surface area contributed by atoms with Crippen LogP contribution in [0.15, 0.2) is 24.3 Å². The van der Waals surface area contributed by atoms with E-state index in [9.17, 15) is 0 Å². The molecule has 2 rings (SSSR count). The van der Waals surface area contributed by atoms with Crippen LogP contribution in [0.4, 0.5) is 5.69 Å². The van der Waals surface area contributed by atoms with Crippen molar-refractivity contribution in [2.45, 2.75) is 71.4 Å². The summed E-state index contributed by atoms with van der Waals surface area (Å²) in [6.07, 6.45) is 7.33. The van der Waals surface area contributed by atoms with Crippen LogP contribution in [0.2, 0.25) is 0 Å². The zero-order valence-corrected chi connectivity index (χ0v) is 14.2. The van der Waals surface area contributed by atoms with Crippen LogP contribution in [0.25, 0.3) is 0 Å². The van der Waals surface area contributed by atoms with E-state index in [-0.39, 0.29) is 6.04 Å². The monoisotopic (exact) mass is 288 g/mol. The molecule has 0 heterocycles. The van der Waals surface area contributed by atoms with Crippen molar-refractivity contribution in [2.24, 2.45) is 11.1 Å². The fourth-order valence-electron chi connectivity index (χ4n) is 3.30. The van der Waals surface area contributed by atoms with Gasteiger partial charge in [0, 0.05) is 24.8 Å². The highest BCUT2D eigenvalue weighted by molar-refractivity contribution is 5.48. The Kier molecular flexibility index (Phi) is 5.32. The third-order valence-electron chi connectivity index (χ3n) is 5.22. The van der Waals surface area contributed by atoms with E-state index in [2.05, 4.69) is 57.0 Å². The lowest BCUT2D eigenvalue weighted by molar-refractivity contribution is 0.222. The molecule has 1 aliphatic carbocycles. The Morgan fingerprint density at radius 2 is 1.76 bits per heavy atom. The summed E-state index contributed by atoms with van der Waals surface area (Å²) in [5.74, 6) is 0. The van der Waals surface area contributed by atoms with Crippen LogP contribution in [0.5, 0.6) is 0 Å². The number of nitrogens with zero attached hydrogens (tertiary/aromatic N) is 1. The van der Waals surface area contributed by atoms with E-state index in [0.29, 0.717) is 11.5 Å². The molecule has 1 saturated carbocycles. The van der Waals surface area contributed by atoms with Gasteiger partial charge in [-0.25, -0.2) is 0 Å². The van der Waals surface area contributed by atoms with Crippen LogP contribution in [0.3, 0.4) is 0 Å². The number of benzene rings is 1. The molecule has 1 atom stereocenters. The summed E-state index contributed by atoms with van der Waals surface area (Å²) in [5.41, 5.74) is 9.27. The van der Waals surface area contributed by atoms with Crippen molar-refractivity contribution >= 4 is 5.69 Å². The Bertz CT molecular complexity index is 425. The van der Waals surface area contributed by atoms with Gasteiger partial charge >= 0.3 is 0 Å². The lowest BCUT2D eigenvalue weighted by Crippen LogP contribution is -2.37. The van der Waals surface area contributed by atoms with E-state index in [0.717, 1.165) is 12.8 Å². The van der Waals surface area contributed by atoms with Crippen LogP contribution in [-0.4, -0.2) is 19.1 Å². The van der Waals surface area contributed by atoms with Crippen molar-refractivity contribution in [3.63, 3.8) is 0 Å². The summed E-state index contributed by atoms with van der Waals surface area (Å²) in [5, 5.41) is 0. The molecule has 1 aromatic carbocycles. The smallest absolute Gasteiger partial charge is 0.0366 e. The standard InChI is InChI=1S/C19H32N2/c1-5-16(20)14-15-6-8-17(9-7-15)21(4)18-10-12-19(2,3)13-11-18/h6-9,16,18H,5,10-14,20H2,1-4H3. The molecule has 0 amide bonds. The van der Waals surface area contributed by atoms with Crippen molar-refractivity contribution in [3.8, 4) is 0 Å². The van der Waals surface area contributed by atoms with Gasteiger partial charge < -0.3 is 10.6 Å². The molecule has 2 heteroatoms. The molecule has 1 aliphatic rings. The second-order valence-corrected chi connectivity index (χ2v) is 7.55. The van der Waals surface area contributed by atoms with E-state index in [1.165, 1.54) is 36.9 Å². The zero-order chi connectivity index (χ0) is 15.5. The first-order valence-corrected chi connectivity index (χ1v) is 8.48. The first kappa shape index (κ1) is 16.4. The molecule has 2 nitrogen and oxygen atoms in total. The van der Waals surface area contributed by atoms with Crippen LogP contribution in [0.1, 0.15) is 58.4 Å². The van der Waals surface area contributed by atoms with Gasteiger partial charge in [-0.3, -0.25) is 0 Å². The molecule has 118 valence electrons. The van der Waals surface area contributed by atoms with Gasteiger partial charge in [0.1, 0.15) is 0 Å². The predicted molar refractivity (Wildman–Crippen MR) is 92.9 cm³/mol. The summed E-state index contributed by atoms with van der Waals surface area (Å²) in [4.78, 5) is 2.47. The van der Waals surface area contributed by atoms with Crippen LogP contribution in [-0.2, 0) is 6.42 Å². The van der Waals surface area contributed by atoms with Crippen molar-refractivity contribution in [3.05, 3.63) is 29.8 Å². The average Bonchev–Trinajstić information content (AvgIpc) is 2.47. The predicted octanol–water partition coefficient (Wildman–Crippen LogP) is 4.37. The van der Waals surface area contributed by atoms with Crippen molar-refractivity contribution < 1.29 is 0 Å². The SMILES string of the molecule is CCC(N)Cc1ccc(N(C)C2CCC(C)(C)CC2)cc1. The Morgan fingerprint density at radius 3 is 2.29 bits per heavy atom. The minimum Gasteiger partial charge on any atom is -0.372 e. The van der Waals surface area contributed by atoms with Crippen LogP contribution < -0.4 is 10.6 Å². The second kappa shape index (κ2) is 6.83. The molecular formula is C19H32N2. The summed E-state index contributed by atoms with van der Waals surface area (Å²) in [7, 11) is 2.25. The molecule has 0 saturated heterocycles. The molecule has 21 heavy (non-hydrogen) atoms. The summed E-state index contributed by atoms with van der Waals surface area (Å²) >= 11 is 0. The van der Waals surface area contributed by atoms with Gasteiger partial charge in [-0.15, -0.1) is 0 Å². The molecule has 1 aromatic rings. The number of nitrogens with two attached hydrogens (primary N) is 1. The Labute approximate surface area is 130 Å². The molecule has 0 aromatic heterocycles. The van der Waals surface area contributed by atoms with E-state index in [1.807, 2.05) is 0 Å². The third kappa shape index (κ3) is 4.47. The molecule has 0 bridgehead atoms. The quantitative estimate of drug-likeness (QED) is 0.871. The molecule has 0 radical (unpaired) electrons. The maximum atomic E-state index is 6.03. The van der Waals surface area contributed by atoms with Gasteiger partial charge in [-0.2, -0.15) is 0 Å². The lowest BCUT2D eigenvalue weighted by Gasteiger charge is -2.39. The molecule has 2 N–H and O–H groups in total. The van der Waals surface area contributed by atoms with E-state index >= 15 is 0 Å². The van der Waals surface area contributed by atoms with Gasteiger partial charge in [0.2, 0.25) is 0 Å². The van der Waals surface area contributed by atoms with Crippen molar-refractivity contribution in [1.82, 2.24) is 0 Å². The van der Waals surface area contributed by atoms with Gasteiger partial charge in [0.05, 0.1) is 0 Å². The Hall–Kier alpha value is -1.02. The minimum atomic E-state index is 0.286. The minimum absolute atomic E-state index is 0.286. The molecule has 1 unspecified atom stereocenters. The zero-order valence-electron chi connectivity index (χ0n) is 14.2. The topological polar surface area (TPSA) is 29.3 Å². The van der Waals surface area contributed by atoms with Crippen molar-refractivity contribution in [1.29, 1.82) is 0 Å². The van der Waals surface area contributed by atoms with Gasteiger partial charge in [-0.1, -0.05) is 32.9 Å². The molecular weight excluding hydrogens is 256 g/mol. The number of rotatable bonds is 5. The second-order valence-electron chi connectivity index (χ2n) is 7.55. The molecule has 0 spiro atoms. The number of hydrogen-bond acceptors (Lipinski definition) is 2. The summed E-state index contributed by atoms with van der Waals surface area (Å²) in [6.45, 7) is 6.95. The first-order chi connectivity index (χ1) is 9.91. The maximum Gasteiger partial charge on any atom is 0.0366 e. The summed E-state index contributed by atoms with van der Waals surface area (Å²) in [6, 6.07) is 9.99. The van der Waals surface area contributed by atoms with Crippen LogP contribution >= 0.6 is 0 Å². The van der Waals surface area contributed by atoms with E-state index in [1.54, 1.807) is 0 Å². The molecule has 0 aliphatic heterocycles. The largest absolute Gasteiger partial charge is 0.372 e. The summed E-state index contributed by atoms with van der Waals surface area (Å²) < 4.78 is 0. The third-order valence-corrected chi connectivity index (χ3v) is 5.22. The normalized spacial score (nSPS) is 20.2.